The number of aromatic amines is 1. The number of anilines is 1. The van der Waals surface area contributed by atoms with E-state index in [1.165, 1.54) is 0 Å². The highest BCUT2D eigenvalue weighted by molar-refractivity contribution is 9.10. The Labute approximate surface area is 137 Å². The van der Waals surface area contributed by atoms with E-state index in [-0.39, 0.29) is 6.10 Å². The van der Waals surface area contributed by atoms with Crippen molar-refractivity contribution in [2.75, 3.05) is 37.6 Å². The fraction of sp³-hybridized carbons (Fsp3) is 0.643. The van der Waals surface area contributed by atoms with Gasteiger partial charge in [-0.25, -0.2) is 9.97 Å². The average molecular weight is 369 g/mol. The Balaban J connectivity index is 1.62. The number of aliphatic hydroxyl groups excluding tert-OH is 1. The van der Waals surface area contributed by atoms with Gasteiger partial charge in [-0.3, -0.25) is 10.00 Å². The maximum absolute atomic E-state index is 9.32. The molecule has 1 aliphatic rings. The van der Waals surface area contributed by atoms with Gasteiger partial charge in [0.05, 0.1) is 11.5 Å². The van der Waals surface area contributed by atoms with Gasteiger partial charge >= 0.3 is 0 Å². The number of nitrogens with zero attached hydrogens (tertiary/aromatic N) is 5. The summed E-state index contributed by atoms with van der Waals surface area (Å²) < 4.78 is 0.762. The number of fused-ring (bicyclic) bond motifs is 1. The summed E-state index contributed by atoms with van der Waals surface area (Å²) in [5.74, 6) is 0.939. The van der Waals surface area contributed by atoms with Gasteiger partial charge in [0.2, 0.25) is 0 Å². The summed E-state index contributed by atoms with van der Waals surface area (Å²) in [5, 5.41) is 17.3. The molecule has 2 aromatic heterocycles. The van der Waals surface area contributed by atoms with Crippen LogP contribution in [0.25, 0.3) is 11.0 Å². The minimum atomic E-state index is -0.200. The van der Waals surface area contributed by atoms with E-state index in [4.69, 9.17) is 0 Å². The maximum atomic E-state index is 9.32. The van der Waals surface area contributed by atoms with Crippen LogP contribution < -0.4 is 4.90 Å². The number of nitrogens with one attached hydrogen (secondary N) is 1. The lowest BCUT2D eigenvalue weighted by molar-refractivity contribution is 0.169. The van der Waals surface area contributed by atoms with E-state index < -0.39 is 0 Å². The molecule has 1 saturated heterocycles. The molecule has 1 aliphatic heterocycles. The molecule has 22 heavy (non-hydrogen) atoms. The highest BCUT2D eigenvalue weighted by atomic mass is 79.9. The molecule has 0 aliphatic carbocycles. The Bertz CT molecular complexity index is 623. The van der Waals surface area contributed by atoms with Crippen LogP contribution in [0.1, 0.15) is 19.8 Å². The minimum absolute atomic E-state index is 0.200. The van der Waals surface area contributed by atoms with E-state index in [2.05, 4.69) is 45.9 Å². The number of hydrogen-bond donors (Lipinski definition) is 2. The monoisotopic (exact) mass is 368 g/mol. The standard InChI is InChI=1S/C14H21BrN6O/c1-10(22)3-2-4-20-5-7-21(8-6-20)14-11-12(15)18-19-13(11)16-9-17-14/h9-10,22H,2-8H2,1H3,(H,16,17,18,19). The van der Waals surface area contributed by atoms with Gasteiger partial charge in [0.1, 0.15) is 16.7 Å². The Morgan fingerprint density at radius 2 is 2.09 bits per heavy atom. The fourth-order valence-electron chi connectivity index (χ4n) is 2.84. The summed E-state index contributed by atoms with van der Waals surface area (Å²) in [7, 11) is 0. The number of H-pyrrole nitrogens is 1. The van der Waals surface area contributed by atoms with E-state index >= 15 is 0 Å². The second-order valence-electron chi connectivity index (χ2n) is 5.76. The van der Waals surface area contributed by atoms with Gasteiger partial charge in [0.15, 0.2) is 5.65 Å². The van der Waals surface area contributed by atoms with Crippen LogP contribution in [0.5, 0.6) is 0 Å². The highest BCUT2D eigenvalue weighted by Crippen LogP contribution is 2.28. The van der Waals surface area contributed by atoms with Crippen LogP contribution in [-0.4, -0.2) is 69.0 Å². The number of halogens is 1. The molecule has 1 fully saturated rings. The van der Waals surface area contributed by atoms with Crippen LogP contribution in [0.2, 0.25) is 0 Å². The minimum Gasteiger partial charge on any atom is -0.393 e. The molecule has 0 radical (unpaired) electrons. The first kappa shape index (κ1) is 15.6. The third kappa shape index (κ3) is 3.39. The predicted octanol–water partition coefficient (Wildman–Crippen LogP) is 1.40. The van der Waals surface area contributed by atoms with Gasteiger partial charge in [-0.1, -0.05) is 0 Å². The van der Waals surface area contributed by atoms with Crippen molar-refractivity contribution in [2.24, 2.45) is 0 Å². The Hall–Kier alpha value is -1.25. The molecule has 7 nitrogen and oxygen atoms in total. The van der Waals surface area contributed by atoms with Crippen LogP contribution >= 0.6 is 15.9 Å². The molecule has 3 rings (SSSR count). The summed E-state index contributed by atoms with van der Waals surface area (Å²) in [6, 6.07) is 0. The summed E-state index contributed by atoms with van der Waals surface area (Å²) in [4.78, 5) is 13.4. The first-order chi connectivity index (χ1) is 10.6. The first-order valence-electron chi connectivity index (χ1n) is 7.65. The quantitative estimate of drug-likeness (QED) is 0.829. The zero-order valence-corrected chi connectivity index (χ0v) is 14.3. The Morgan fingerprint density at radius 1 is 1.32 bits per heavy atom. The van der Waals surface area contributed by atoms with Crippen LogP contribution in [-0.2, 0) is 0 Å². The van der Waals surface area contributed by atoms with E-state index in [1.54, 1.807) is 6.33 Å². The second-order valence-corrected chi connectivity index (χ2v) is 6.51. The molecule has 8 heteroatoms. The number of aliphatic hydroxyl groups is 1. The summed E-state index contributed by atoms with van der Waals surface area (Å²) in [6.07, 6.45) is 3.29. The summed E-state index contributed by atoms with van der Waals surface area (Å²) in [5.41, 5.74) is 0.760. The van der Waals surface area contributed by atoms with Crippen LogP contribution in [0.3, 0.4) is 0 Å². The summed E-state index contributed by atoms with van der Waals surface area (Å²) in [6.45, 7) is 6.81. The molecule has 3 heterocycles. The van der Waals surface area contributed by atoms with Crippen molar-refractivity contribution in [3.8, 4) is 0 Å². The molecule has 2 N–H and O–H groups in total. The molecule has 120 valence electrons. The zero-order chi connectivity index (χ0) is 15.5. The number of piperazine rings is 1. The Morgan fingerprint density at radius 3 is 2.82 bits per heavy atom. The smallest absolute Gasteiger partial charge is 0.161 e. The van der Waals surface area contributed by atoms with E-state index in [9.17, 15) is 5.11 Å². The van der Waals surface area contributed by atoms with Gasteiger partial charge in [-0.15, -0.1) is 0 Å². The van der Waals surface area contributed by atoms with E-state index in [1.807, 2.05) is 6.92 Å². The van der Waals surface area contributed by atoms with Gasteiger partial charge < -0.3 is 10.0 Å². The van der Waals surface area contributed by atoms with Crippen molar-refractivity contribution in [1.82, 2.24) is 25.1 Å². The predicted molar refractivity (Wildman–Crippen MR) is 89.0 cm³/mol. The largest absolute Gasteiger partial charge is 0.393 e. The molecule has 0 spiro atoms. The van der Waals surface area contributed by atoms with Gasteiger partial charge in [-0.2, -0.15) is 5.10 Å². The fourth-order valence-corrected chi connectivity index (χ4v) is 3.30. The third-order valence-corrected chi connectivity index (χ3v) is 4.64. The number of rotatable bonds is 5. The van der Waals surface area contributed by atoms with Crippen molar-refractivity contribution in [3.05, 3.63) is 10.9 Å². The molecule has 0 saturated carbocycles. The van der Waals surface area contributed by atoms with E-state index in [0.29, 0.717) is 0 Å². The summed E-state index contributed by atoms with van der Waals surface area (Å²) >= 11 is 3.46. The number of aromatic nitrogens is 4. The molecular weight excluding hydrogens is 348 g/mol. The lowest BCUT2D eigenvalue weighted by Crippen LogP contribution is -2.47. The lowest BCUT2D eigenvalue weighted by atomic mass is 10.2. The lowest BCUT2D eigenvalue weighted by Gasteiger charge is -2.35. The molecule has 2 aromatic rings. The van der Waals surface area contributed by atoms with Crippen LogP contribution in [0.4, 0.5) is 5.82 Å². The molecular formula is C14H21BrN6O. The van der Waals surface area contributed by atoms with Crippen molar-refractivity contribution in [2.45, 2.75) is 25.9 Å². The van der Waals surface area contributed by atoms with Crippen molar-refractivity contribution in [3.63, 3.8) is 0 Å². The number of hydrogen-bond acceptors (Lipinski definition) is 6. The van der Waals surface area contributed by atoms with Crippen LogP contribution in [0, 0.1) is 0 Å². The average Bonchev–Trinajstić information content (AvgIpc) is 2.89. The van der Waals surface area contributed by atoms with Gasteiger partial charge in [0, 0.05) is 26.2 Å². The van der Waals surface area contributed by atoms with Gasteiger partial charge in [-0.05, 0) is 42.2 Å². The Kier molecular flexibility index (Phi) is 4.90. The van der Waals surface area contributed by atoms with Crippen molar-refractivity contribution < 1.29 is 5.11 Å². The second kappa shape index (κ2) is 6.89. The SMILES string of the molecule is CC(O)CCCN1CCN(c2ncnc3[nH]nc(Br)c23)CC1. The topological polar surface area (TPSA) is 81.2 Å². The maximum Gasteiger partial charge on any atom is 0.161 e. The highest BCUT2D eigenvalue weighted by Gasteiger charge is 2.21. The molecule has 0 amide bonds. The molecule has 1 unspecified atom stereocenters. The normalized spacial score (nSPS) is 18.0. The van der Waals surface area contributed by atoms with Crippen molar-refractivity contribution >= 4 is 32.8 Å². The third-order valence-electron chi connectivity index (χ3n) is 4.06. The molecule has 0 aromatic carbocycles. The molecule has 0 bridgehead atoms. The van der Waals surface area contributed by atoms with Crippen molar-refractivity contribution in [1.29, 1.82) is 0 Å². The molecule has 1 atom stereocenters. The van der Waals surface area contributed by atoms with Crippen LogP contribution in [0.15, 0.2) is 10.9 Å². The zero-order valence-electron chi connectivity index (χ0n) is 12.7. The van der Waals surface area contributed by atoms with Gasteiger partial charge in [0.25, 0.3) is 0 Å². The van der Waals surface area contributed by atoms with E-state index in [0.717, 1.165) is 67.0 Å². The first-order valence-corrected chi connectivity index (χ1v) is 8.44.